The molecule has 0 N–H and O–H groups in total. The Morgan fingerprint density at radius 1 is 1.07 bits per heavy atom. The highest BCUT2D eigenvalue weighted by molar-refractivity contribution is 5.88. The van der Waals surface area contributed by atoms with Gasteiger partial charge in [0.1, 0.15) is 5.52 Å². The molecule has 146 valence electrons. The van der Waals surface area contributed by atoms with Crippen molar-refractivity contribution < 1.29 is 4.92 Å². The lowest BCUT2D eigenvalue weighted by Crippen LogP contribution is -1.97. The van der Waals surface area contributed by atoms with Crippen molar-refractivity contribution in [2.24, 2.45) is 0 Å². The minimum atomic E-state index is -0.421. The van der Waals surface area contributed by atoms with E-state index in [1.165, 1.54) is 6.07 Å². The number of non-ortho nitro benzene ring substituents is 1. The van der Waals surface area contributed by atoms with E-state index in [0.717, 1.165) is 22.2 Å². The second-order valence-corrected chi connectivity index (χ2v) is 6.65. The van der Waals surface area contributed by atoms with Crippen molar-refractivity contribution >= 4 is 28.7 Å². The van der Waals surface area contributed by atoms with Gasteiger partial charge in [-0.15, -0.1) is 0 Å². The molecule has 2 aromatic carbocycles. The number of rotatable bonds is 6. The van der Waals surface area contributed by atoms with E-state index >= 15 is 0 Å². The van der Waals surface area contributed by atoms with Crippen LogP contribution < -0.4 is 0 Å². The first-order chi connectivity index (χ1) is 14.7. The molecule has 0 atom stereocenters. The van der Waals surface area contributed by atoms with Crippen molar-refractivity contribution in [2.75, 3.05) is 0 Å². The van der Waals surface area contributed by atoms with Gasteiger partial charge in [0, 0.05) is 28.8 Å². The van der Waals surface area contributed by atoms with Crippen molar-refractivity contribution in [3.05, 3.63) is 88.2 Å². The van der Waals surface area contributed by atoms with E-state index in [-0.39, 0.29) is 5.69 Å². The molecule has 0 saturated heterocycles. The summed E-state index contributed by atoms with van der Waals surface area (Å²) in [6.07, 6.45) is 5.96. The Bertz CT molecular complexity index is 1290. The van der Waals surface area contributed by atoms with Gasteiger partial charge in [0.15, 0.2) is 0 Å². The topological polar surface area (TPSA) is 97.6 Å². The number of hydrogen-bond donors (Lipinski definition) is 0. The minimum absolute atomic E-state index is 0.0166. The maximum absolute atomic E-state index is 11.3. The lowest BCUT2D eigenvalue weighted by molar-refractivity contribution is -0.383. The summed E-state index contributed by atoms with van der Waals surface area (Å²) in [4.78, 5) is 15.4. The van der Waals surface area contributed by atoms with Crippen LogP contribution in [0.5, 0.6) is 0 Å². The number of nitriles is 1. The van der Waals surface area contributed by atoms with E-state index in [2.05, 4.69) is 16.2 Å². The molecule has 0 aliphatic carbocycles. The summed E-state index contributed by atoms with van der Waals surface area (Å²) in [5, 5.41) is 25.5. The number of aryl methyl sites for hydroxylation is 1. The lowest BCUT2D eigenvalue weighted by atomic mass is 10.1. The van der Waals surface area contributed by atoms with E-state index < -0.39 is 4.92 Å². The smallest absolute Gasteiger partial charge is 0.270 e. The van der Waals surface area contributed by atoms with E-state index in [1.807, 2.05) is 60.8 Å². The lowest BCUT2D eigenvalue weighted by Gasteiger charge is -2.01. The molecule has 4 rings (SSSR count). The Kier molecular flexibility index (Phi) is 5.31. The number of para-hydroxylation sites is 1. The first-order valence-electron chi connectivity index (χ1n) is 9.38. The first kappa shape index (κ1) is 19.0. The van der Waals surface area contributed by atoms with Gasteiger partial charge in [-0.05, 0) is 18.2 Å². The third kappa shape index (κ3) is 3.93. The molecule has 0 unspecified atom stereocenters. The number of nitro benzene ring substituents is 1. The predicted octanol–water partition coefficient (Wildman–Crippen LogP) is 5.09. The highest BCUT2D eigenvalue weighted by Gasteiger charge is 2.13. The average Bonchev–Trinajstić information content (AvgIpc) is 3.19. The Hall–Kier alpha value is -4.31. The summed E-state index contributed by atoms with van der Waals surface area (Å²) in [5.41, 5.74) is 3.60. The van der Waals surface area contributed by atoms with Gasteiger partial charge in [0.2, 0.25) is 0 Å². The van der Waals surface area contributed by atoms with Crippen molar-refractivity contribution in [1.82, 2.24) is 14.8 Å². The van der Waals surface area contributed by atoms with Crippen LogP contribution in [-0.2, 0) is 6.54 Å². The van der Waals surface area contributed by atoms with E-state index in [0.29, 0.717) is 24.2 Å². The zero-order chi connectivity index (χ0) is 20.9. The normalized spacial score (nSPS) is 11.0. The van der Waals surface area contributed by atoms with Crippen molar-refractivity contribution in [3.8, 4) is 17.3 Å². The third-order valence-electron chi connectivity index (χ3n) is 4.64. The van der Waals surface area contributed by atoms with Crippen LogP contribution in [0.4, 0.5) is 5.69 Å². The molecule has 0 saturated carbocycles. The van der Waals surface area contributed by atoms with E-state index in [9.17, 15) is 10.1 Å². The number of pyridine rings is 1. The standard InChI is InChI=1S/C23H17N5O2/c24-14-5-15-27-16-19(22(26-27)17-6-2-1-3-7-17)11-13-20-12-10-18-8-4-9-21(28(29)30)23(18)25-20/h1-4,6-13,16H,5,15H2. The van der Waals surface area contributed by atoms with Gasteiger partial charge in [-0.25, -0.2) is 4.98 Å². The number of nitro groups is 1. The number of benzene rings is 2. The molecular formula is C23H17N5O2. The SMILES string of the molecule is N#CCCn1cc(C=Cc2ccc3cccc([N+](=O)[O-])c3n2)c(-c2ccccc2)n1. The highest BCUT2D eigenvalue weighted by atomic mass is 16.6. The molecular weight excluding hydrogens is 378 g/mol. The molecule has 0 radical (unpaired) electrons. The third-order valence-corrected chi connectivity index (χ3v) is 4.64. The fourth-order valence-corrected chi connectivity index (χ4v) is 3.22. The number of fused-ring (bicyclic) bond motifs is 1. The summed E-state index contributed by atoms with van der Waals surface area (Å²) in [5.74, 6) is 0. The molecule has 7 nitrogen and oxygen atoms in total. The molecule has 7 heteroatoms. The van der Waals surface area contributed by atoms with Crippen molar-refractivity contribution in [3.63, 3.8) is 0 Å². The fraction of sp³-hybridized carbons (Fsp3) is 0.0870. The van der Waals surface area contributed by atoms with E-state index in [1.54, 1.807) is 16.8 Å². The predicted molar refractivity (Wildman–Crippen MR) is 115 cm³/mol. The van der Waals surface area contributed by atoms with Gasteiger partial charge in [0.25, 0.3) is 5.69 Å². The van der Waals surface area contributed by atoms with Gasteiger partial charge in [-0.1, -0.05) is 48.5 Å². The zero-order valence-corrected chi connectivity index (χ0v) is 16.0. The minimum Gasteiger partial charge on any atom is -0.270 e. The molecule has 0 bridgehead atoms. The second-order valence-electron chi connectivity index (χ2n) is 6.65. The molecule has 4 aromatic rings. The Balaban J connectivity index is 1.73. The first-order valence-corrected chi connectivity index (χ1v) is 9.38. The fourth-order valence-electron chi connectivity index (χ4n) is 3.22. The molecule has 2 heterocycles. The van der Waals surface area contributed by atoms with Gasteiger partial charge in [-0.3, -0.25) is 14.8 Å². The van der Waals surface area contributed by atoms with Crippen molar-refractivity contribution in [2.45, 2.75) is 13.0 Å². The zero-order valence-electron chi connectivity index (χ0n) is 16.0. The van der Waals surface area contributed by atoms with Crippen LogP contribution in [0.25, 0.3) is 34.3 Å². The van der Waals surface area contributed by atoms with Gasteiger partial charge in [0.05, 0.1) is 35.3 Å². The Morgan fingerprint density at radius 3 is 2.67 bits per heavy atom. The van der Waals surface area contributed by atoms with Crippen LogP contribution in [-0.4, -0.2) is 19.7 Å². The largest absolute Gasteiger partial charge is 0.295 e. The van der Waals surface area contributed by atoms with Crippen LogP contribution in [0, 0.1) is 21.4 Å². The van der Waals surface area contributed by atoms with Crippen molar-refractivity contribution in [1.29, 1.82) is 5.26 Å². The van der Waals surface area contributed by atoms with Crippen LogP contribution in [0.2, 0.25) is 0 Å². The molecule has 0 aliphatic rings. The Morgan fingerprint density at radius 2 is 1.90 bits per heavy atom. The molecule has 2 aromatic heterocycles. The van der Waals surface area contributed by atoms with Gasteiger partial charge < -0.3 is 0 Å². The molecule has 0 spiro atoms. The quantitative estimate of drug-likeness (QED) is 0.334. The van der Waals surface area contributed by atoms with Crippen LogP contribution >= 0.6 is 0 Å². The molecule has 0 aliphatic heterocycles. The molecule has 0 fully saturated rings. The second kappa shape index (κ2) is 8.37. The summed E-state index contributed by atoms with van der Waals surface area (Å²) < 4.78 is 1.75. The van der Waals surface area contributed by atoms with Crippen LogP contribution in [0.3, 0.4) is 0 Å². The number of hydrogen-bond acceptors (Lipinski definition) is 5. The van der Waals surface area contributed by atoms with Crippen LogP contribution in [0.1, 0.15) is 17.7 Å². The maximum atomic E-state index is 11.3. The monoisotopic (exact) mass is 395 g/mol. The Labute approximate surface area is 172 Å². The number of nitrogens with zero attached hydrogens (tertiary/aromatic N) is 5. The average molecular weight is 395 g/mol. The summed E-state index contributed by atoms with van der Waals surface area (Å²) in [7, 11) is 0. The van der Waals surface area contributed by atoms with E-state index in [4.69, 9.17) is 5.26 Å². The summed E-state index contributed by atoms with van der Waals surface area (Å²) >= 11 is 0. The maximum Gasteiger partial charge on any atom is 0.295 e. The molecule has 0 amide bonds. The highest BCUT2D eigenvalue weighted by Crippen LogP contribution is 2.26. The van der Waals surface area contributed by atoms with Crippen LogP contribution in [0.15, 0.2) is 66.9 Å². The number of aromatic nitrogens is 3. The summed E-state index contributed by atoms with van der Waals surface area (Å²) in [6.45, 7) is 0.505. The molecule has 30 heavy (non-hydrogen) atoms. The summed E-state index contributed by atoms with van der Waals surface area (Å²) in [6, 6.07) is 20.5. The van der Waals surface area contributed by atoms with Gasteiger partial charge in [-0.2, -0.15) is 10.4 Å². The van der Waals surface area contributed by atoms with Gasteiger partial charge >= 0.3 is 0 Å².